The highest BCUT2D eigenvalue weighted by Gasteiger charge is 2.19. The molecule has 0 unspecified atom stereocenters. The van der Waals surface area contributed by atoms with Crippen LogP contribution in [0.4, 0.5) is 5.82 Å². The number of pyridine rings is 1. The molecule has 1 aromatic heterocycles. The number of hydrogen-bond donors (Lipinski definition) is 1. The zero-order valence-electron chi connectivity index (χ0n) is 11.3. The van der Waals surface area contributed by atoms with Gasteiger partial charge in [0.05, 0.1) is 5.52 Å². The number of hydrogen-bond acceptors (Lipinski definition) is 2. The molecule has 1 N–H and O–H groups in total. The molecule has 1 aromatic carbocycles. The molecule has 0 bridgehead atoms. The van der Waals surface area contributed by atoms with Gasteiger partial charge in [0.25, 0.3) is 0 Å². The van der Waals surface area contributed by atoms with Gasteiger partial charge < -0.3 is 5.32 Å². The van der Waals surface area contributed by atoms with E-state index in [-0.39, 0.29) is 5.41 Å². The maximum atomic E-state index is 4.69. The highest BCUT2D eigenvalue weighted by Crippen LogP contribution is 2.31. The van der Waals surface area contributed by atoms with Crippen molar-refractivity contribution in [3.8, 4) is 0 Å². The maximum absolute atomic E-state index is 4.69. The van der Waals surface area contributed by atoms with Crippen molar-refractivity contribution in [2.24, 2.45) is 0 Å². The van der Waals surface area contributed by atoms with Crippen LogP contribution >= 0.6 is 0 Å². The van der Waals surface area contributed by atoms with E-state index in [2.05, 4.69) is 57.3 Å². The summed E-state index contributed by atoms with van der Waals surface area (Å²) in [5.41, 5.74) is 3.69. The van der Waals surface area contributed by atoms with Gasteiger partial charge in [-0.15, -0.1) is 0 Å². The maximum Gasteiger partial charge on any atom is 0.130 e. The van der Waals surface area contributed by atoms with Crippen molar-refractivity contribution >= 4 is 16.7 Å². The first kappa shape index (κ1) is 11.9. The van der Waals surface area contributed by atoms with Crippen LogP contribution < -0.4 is 5.32 Å². The summed E-state index contributed by atoms with van der Waals surface area (Å²) in [7, 11) is 1.93. The standard InChI is InChI=1S/C15H20N2/c1-10-6-7-13-11(8-10)9-12(15(2,3)4)14(16-5)17-13/h6-9H,1-5H3,(H,16,17). The molecule has 0 radical (unpaired) electrons. The second kappa shape index (κ2) is 4.02. The largest absolute Gasteiger partial charge is 0.373 e. The molecule has 0 spiro atoms. The Morgan fingerprint density at radius 1 is 1.12 bits per heavy atom. The molecule has 0 saturated heterocycles. The first-order chi connectivity index (χ1) is 7.91. The number of anilines is 1. The van der Waals surface area contributed by atoms with Crippen LogP contribution in [0.5, 0.6) is 0 Å². The van der Waals surface area contributed by atoms with Gasteiger partial charge in [-0.05, 0) is 30.5 Å². The average Bonchev–Trinajstić information content (AvgIpc) is 2.26. The minimum absolute atomic E-state index is 0.100. The minimum atomic E-state index is 0.100. The Hall–Kier alpha value is -1.57. The normalized spacial score (nSPS) is 11.8. The van der Waals surface area contributed by atoms with Crippen LogP contribution in [0, 0.1) is 6.92 Å². The Morgan fingerprint density at radius 2 is 1.82 bits per heavy atom. The van der Waals surface area contributed by atoms with Crippen LogP contribution in [-0.4, -0.2) is 12.0 Å². The van der Waals surface area contributed by atoms with Gasteiger partial charge in [0, 0.05) is 18.0 Å². The van der Waals surface area contributed by atoms with Crippen molar-refractivity contribution in [2.45, 2.75) is 33.1 Å². The minimum Gasteiger partial charge on any atom is -0.373 e. The zero-order valence-corrected chi connectivity index (χ0v) is 11.3. The van der Waals surface area contributed by atoms with Crippen LogP contribution in [-0.2, 0) is 5.41 Å². The summed E-state index contributed by atoms with van der Waals surface area (Å²) in [6.45, 7) is 8.76. The molecular weight excluding hydrogens is 208 g/mol. The lowest BCUT2D eigenvalue weighted by atomic mass is 9.86. The Balaban J connectivity index is 2.74. The Kier molecular flexibility index (Phi) is 2.82. The van der Waals surface area contributed by atoms with Crippen molar-refractivity contribution < 1.29 is 0 Å². The molecule has 2 heteroatoms. The van der Waals surface area contributed by atoms with Gasteiger partial charge in [-0.2, -0.15) is 0 Å². The lowest BCUT2D eigenvalue weighted by Crippen LogP contribution is -2.15. The molecule has 0 atom stereocenters. The third kappa shape index (κ3) is 2.26. The van der Waals surface area contributed by atoms with Crippen molar-refractivity contribution in [3.63, 3.8) is 0 Å². The number of nitrogens with zero attached hydrogens (tertiary/aromatic N) is 1. The molecule has 0 aliphatic rings. The molecule has 2 aromatic rings. The number of benzene rings is 1. The second-order valence-corrected chi connectivity index (χ2v) is 5.58. The van der Waals surface area contributed by atoms with Crippen LogP contribution in [0.1, 0.15) is 31.9 Å². The molecule has 0 amide bonds. The molecule has 0 fully saturated rings. The number of nitrogens with one attached hydrogen (secondary N) is 1. The van der Waals surface area contributed by atoms with Gasteiger partial charge in [0.1, 0.15) is 5.82 Å². The van der Waals surface area contributed by atoms with Crippen LogP contribution in [0.25, 0.3) is 10.9 Å². The molecule has 0 saturated carbocycles. The fourth-order valence-electron chi connectivity index (χ4n) is 2.06. The summed E-state index contributed by atoms with van der Waals surface area (Å²) in [6, 6.07) is 8.63. The van der Waals surface area contributed by atoms with E-state index in [1.807, 2.05) is 7.05 Å². The smallest absolute Gasteiger partial charge is 0.130 e. The molecule has 0 aliphatic heterocycles. The van der Waals surface area contributed by atoms with Gasteiger partial charge in [-0.3, -0.25) is 0 Å². The van der Waals surface area contributed by atoms with E-state index >= 15 is 0 Å². The van der Waals surface area contributed by atoms with Gasteiger partial charge in [0.2, 0.25) is 0 Å². The summed E-state index contributed by atoms with van der Waals surface area (Å²) in [5.74, 6) is 0.980. The number of fused-ring (bicyclic) bond motifs is 1. The third-order valence-electron chi connectivity index (χ3n) is 3.02. The summed E-state index contributed by atoms with van der Waals surface area (Å²) >= 11 is 0. The zero-order chi connectivity index (χ0) is 12.6. The first-order valence-corrected chi connectivity index (χ1v) is 6.01. The van der Waals surface area contributed by atoms with Gasteiger partial charge in [0.15, 0.2) is 0 Å². The monoisotopic (exact) mass is 228 g/mol. The lowest BCUT2D eigenvalue weighted by molar-refractivity contribution is 0.591. The van der Waals surface area contributed by atoms with Crippen molar-refractivity contribution in [2.75, 3.05) is 12.4 Å². The predicted molar refractivity (Wildman–Crippen MR) is 74.7 cm³/mol. The van der Waals surface area contributed by atoms with Crippen LogP contribution in [0.3, 0.4) is 0 Å². The predicted octanol–water partition coefficient (Wildman–Crippen LogP) is 3.88. The molecule has 17 heavy (non-hydrogen) atoms. The van der Waals surface area contributed by atoms with E-state index in [1.165, 1.54) is 16.5 Å². The van der Waals surface area contributed by atoms with Gasteiger partial charge in [-0.1, -0.05) is 32.4 Å². The van der Waals surface area contributed by atoms with E-state index in [4.69, 9.17) is 4.98 Å². The number of aromatic nitrogens is 1. The quantitative estimate of drug-likeness (QED) is 0.801. The summed E-state index contributed by atoms with van der Waals surface area (Å²) in [4.78, 5) is 4.69. The summed E-state index contributed by atoms with van der Waals surface area (Å²) in [5, 5.41) is 4.41. The average molecular weight is 228 g/mol. The topological polar surface area (TPSA) is 24.9 Å². The molecule has 2 nitrogen and oxygen atoms in total. The van der Waals surface area contributed by atoms with Crippen LogP contribution in [0.2, 0.25) is 0 Å². The summed E-state index contributed by atoms with van der Waals surface area (Å²) < 4.78 is 0. The second-order valence-electron chi connectivity index (χ2n) is 5.58. The number of aryl methyl sites for hydroxylation is 1. The lowest BCUT2D eigenvalue weighted by Gasteiger charge is -2.22. The van der Waals surface area contributed by atoms with E-state index < -0.39 is 0 Å². The Labute approximate surface area is 103 Å². The van der Waals surface area contributed by atoms with E-state index in [1.54, 1.807) is 0 Å². The fourth-order valence-corrected chi connectivity index (χ4v) is 2.06. The Bertz CT molecular complexity index is 551. The van der Waals surface area contributed by atoms with Crippen LogP contribution in [0.15, 0.2) is 24.3 Å². The summed E-state index contributed by atoms with van der Waals surface area (Å²) in [6.07, 6.45) is 0. The highest BCUT2D eigenvalue weighted by molar-refractivity contribution is 5.82. The van der Waals surface area contributed by atoms with Crippen molar-refractivity contribution in [1.29, 1.82) is 0 Å². The molecule has 2 rings (SSSR count). The Morgan fingerprint density at radius 3 is 2.41 bits per heavy atom. The molecule has 1 heterocycles. The van der Waals surface area contributed by atoms with Crippen molar-refractivity contribution in [3.05, 3.63) is 35.4 Å². The van der Waals surface area contributed by atoms with Gasteiger partial charge >= 0.3 is 0 Å². The first-order valence-electron chi connectivity index (χ1n) is 6.01. The highest BCUT2D eigenvalue weighted by atomic mass is 15.0. The molecule has 90 valence electrons. The number of rotatable bonds is 1. The molecule has 0 aliphatic carbocycles. The third-order valence-corrected chi connectivity index (χ3v) is 3.02. The van der Waals surface area contributed by atoms with E-state index in [0.717, 1.165) is 11.3 Å². The van der Waals surface area contributed by atoms with E-state index in [0.29, 0.717) is 0 Å². The SMILES string of the molecule is CNc1nc2ccc(C)cc2cc1C(C)(C)C. The molecular formula is C15H20N2. The van der Waals surface area contributed by atoms with Crippen molar-refractivity contribution in [1.82, 2.24) is 4.98 Å². The van der Waals surface area contributed by atoms with E-state index in [9.17, 15) is 0 Å². The fraction of sp³-hybridized carbons (Fsp3) is 0.400. The van der Waals surface area contributed by atoms with Gasteiger partial charge in [-0.25, -0.2) is 4.98 Å².